The second-order valence-electron chi connectivity index (χ2n) is 4.53. The summed E-state index contributed by atoms with van der Waals surface area (Å²) in [7, 11) is 1.16. The molecule has 0 amide bonds. The Morgan fingerprint density at radius 1 is 1.08 bits per heavy atom. The summed E-state index contributed by atoms with van der Waals surface area (Å²) in [5, 5.41) is 8.78. The predicted octanol–water partition coefficient (Wildman–Crippen LogP) is 4.12. The van der Waals surface area contributed by atoms with Crippen molar-refractivity contribution in [1.29, 1.82) is 0 Å². The topological polar surface area (TPSA) is 80.7 Å². The molecule has 0 saturated heterocycles. The van der Waals surface area contributed by atoms with Crippen molar-refractivity contribution >= 4 is 25.7 Å². The standard InChI is InChI=1S/C14H8ClF3O5S/c15-24(21,22)10-4-2-9(3-5-10)23-12-6-1-8(13(19)20)7-11(12)14(16,17)18/h1-7H,(H,19,20). The van der Waals surface area contributed by atoms with Crippen LogP contribution < -0.4 is 4.74 Å². The molecule has 0 saturated carbocycles. The Bertz CT molecular complexity index is 876. The molecule has 0 unspecified atom stereocenters. The van der Waals surface area contributed by atoms with Crippen LogP contribution in [0.2, 0.25) is 0 Å². The van der Waals surface area contributed by atoms with Crippen molar-refractivity contribution in [1.82, 2.24) is 0 Å². The first-order valence-electron chi connectivity index (χ1n) is 6.15. The van der Waals surface area contributed by atoms with Gasteiger partial charge in [0.1, 0.15) is 11.5 Å². The van der Waals surface area contributed by atoms with E-state index in [1.165, 1.54) is 0 Å². The lowest BCUT2D eigenvalue weighted by atomic mass is 10.1. The maximum Gasteiger partial charge on any atom is 0.420 e. The normalized spacial score (nSPS) is 12.0. The van der Waals surface area contributed by atoms with Crippen LogP contribution in [0, 0.1) is 0 Å². The Morgan fingerprint density at radius 3 is 2.12 bits per heavy atom. The molecule has 0 atom stereocenters. The van der Waals surface area contributed by atoms with Crippen LogP contribution in [0.25, 0.3) is 0 Å². The molecule has 0 aliphatic carbocycles. The molecule has 0 heterocycles. The molecule has 1 N–H and O–H groups in total. The van der Waals surface area contributed by atoms with E-state index in [1.54, 1.807) is 0 Å². The highest BCUT2D eigenvalue weighted by Crippen LogP contribution is 2.39. The molecule has 2 aromatic rings. The van der Waals surface area contributed by atoms with E-state index in [-0.39, 0.29) is 10.6 Å². The Labute approximate surface area is 138 Å². The first kappa shape index (κ1) is 18.1. The zero-order valence-electron chi connectivity index (χ0n) is 11.5. The van der Waals surface area contributed by atoms with Gasteiger partial charge in [0, 0.05) is 10.7 Å². The van der Waals surface area contributed by atoms with Gasteiger partial charge in [0.25, 0.3) is 9.05 Å². The van der Waals surface area contributed by atoms with Crippen molar-refractivity contribution < 1.29 is 36.2 Å². The average molecular weight is 381 g/mol. The highest BCUT2D eigenvalue weighted by atomic mass is 35.7. The summed E-state index contributed by atoms with van der Waals surface area (Å²) in [5.74, 6) is -2.20. The van der Waals surface area contributed by atoms with Crippen molar-refractivity contribution in [2.24, 2.45) is 0 Å². The van der Waals surface area contributed by atoms with Crippen molar-refractivity contribution in [2.45, 2.75) is 11.1 Å². The van der Waals surface area contributed by atoms with Crippen LogP contribution in [0.4, 0.5) is 13.2 Å². The summed E-state index contributed by atoms with van der Waals surface area (Å²) in [5.41, 5.74) is -1.81. The van der Waals surface area contributed by atoms with Gasteiger partial charge in [-0.2, -0.15) is 13.2 Å². The Kier molecular flexibility index (Phi) is 4.77. The molecule has 0 radical (unpaired) electrons. The Hall–Kier alpha value is -2.26. The van der Waals surface area contributed by atoms with E-state index < -0.39 is 38.1 Å². The van der Waals surface area contributed by atoms with Gasteiger partial charge in [0.15, 0.2) is 0 Å². The van der Waals surface area contributed by atoms with Crippen molar-refractivity contribution in [3.63, 3.8) is 0 Å². The van der Waals surface area contributed by atoms with Gasteiger partial charge in [-0.1, -0.05) is 0 Å². The summed E-state index contributed by atoms with van der Waals surface area (Å²) in [6.07, 6.45) is -4.83. The van der Waals surface area contributed by atoms with Crippen LogP contribution in [0.5, 0.6) is 11.5 Å². The van der Waals surface area contributed by atoms with Gasteiger partial charge < -0.3 is 9.84 Å². The second-order valence-corrected chi connectivity index (χ2v) is 7.09. The van der Waals surface area contributed by atoms with Crippen LogP contribution in [0.15, 0.2) is 47.4 Å². The number of hydrogen-bond acceptors (Lipinski definition) is 4. The highest BCUT2D eigenvalue weighted by molar-refractivity contribution is 8.13. The minimum Gasteiger partial charge on any atom is -0.478 e. The van der Waals surface area contributed by atoms with E-state index in [1.807, 2.05) is 0 Å². The predicted molar refractivity (Wildman–Crippen MR) is 78.0 cm³/mol. The van der Waals surface area contributed by atoms with E-state index in [2.05, 4.69) is 0 Å². The molecule has 0 aliphatic rings. The lowest BCUT2D eigenvalue weighted by Gasteiger charge is -2.14. The fourth-order valence-electron chi connectivity index (χ4n) is 1.77. The number of hydrogen-bond donors (Lipinski definition) is 1. The number of ether oxygens (including phenoxy) is 1. The second kappa shape index (κ2) is 6.33. The number of alkyl halides is 3. The largest absolute Gasteiger partial charge is 0.478 e. The minimum atomic E-state index is -4.83. The van der Waals surface area contributed by atoms with Gasteiger partial charge in [-0.25, -0.2) is 13.2 Å². The third-order valence-corrected chi connectivity index (χ3v) is 4.23. The summed E-state index contributed by atoms with van der Waals surface area (Å²) in [6, 6.07) is 6.67. The van der Waals surface area contributed by atoms with E-state index in [4.69, 9.17) is 20.5 Å². The molecule has 2 aromatic carbocycles. The summed E-state index contributed by atoms with van der Waals surface area (Å²) < 4.78 is 66.4. The molecule has 0 bridgehead atoms. The first-order valence-corrected chi connectivity index (χ1v) is 8.46. The van der Waals surface area contributed by atoms with Crippen molar-refractivity contribution in [3.05, 3.63) is 53.6 Å². The molecule has 2 rings (SSSR count). The molecule has 5 nitrogen and oxygen atoms in total. The number of halogens is 4. The van der Waals surface area contributed by atoms with Crippen LogP contribution in [-0.2, 0) is 15.2 Å². The number of benzene rings is 2. The van der Waals surface area contributed by atoms with E-state index >= 15 is 0 Å². The van der Waals surface area contributed by atoms with Gasteiger partial charge in [-0.3, -0.25) is 0 Å². The number of carboxylic acid groups (broad SMARTS) is 1. The zero-order valence-corrected chi connectivity index (χ0v) is 13.1. The monoisotopic (exact) mass is 380 g/mol. The fraction of sp³-hybridized carbons (Fsp3) is 0.0714. The molecule has 10 heteroatoms. The summed E-state index contributed by atoms with van der Waals surface area (Å²) >= 11 is 0. The Morgan fingerprint density at radius 2 is 1.67 bits per heavy atom. The van der Waals surface area contributed by atoms with Crippen LogP contribution >= 0.6 is 10.7 Å². The van der Waals surface area contributed by atoms with E-state index in [0.29, 0.717) is 6.07 Å². The number of rotatable bonds is 4. The van der Waals surface area contributed by atoms with Gasteiger partial charge in [0.2, 0.25) is 0 Å². The summed E-state index contributed by atoms with van der Waals surface area (Å²) in [6.45, 7) is 0. The van der Waals surface area contributed by atoms with Gasteiger partial charge >= 0.3 is 12.1 Å². The van der Waals surface area contributed by atoms with Crippen molar-refractivity contribution in [3.8, 4) is 11.5 Å². The van der Waals surface area contributed by atoms with Gasteiger partial charge in [0.05, 0.1) is 16.0 Å². The summed E-state index contributed by atoms with van der Waals surface area (Å²) in [4.78, 5) is 10.6. The molecule has 0 spiro atoms. The number of aromatic carboxylic acids is 1. The first-order chi connectivity index (χ1) is 11.0. The maximum absolute atomic E-state index is 13.0. The van der Waals surface area contributed by atoms with Crippen LogP contribution in [0.1, 0.15) is 15.9 Å². The smallest absolute Gasteiger partial charge is 0.420 e. The molecular weight excluding hydrogens is 373 g/mol. The Balaban J connectivity index is 2.40. The highest BCUT2D eigenvalue weighted by Gasteiger charge is 2.35. The van der Waals surface area contributed by atoms with Crippen LogP contribution in [-0.4, -0.2) is 19.5 Å². The maximum atomic E-state index is 13.0. The molecule has 128 valence electrons. The molecule has 24 heavy (non-hydrogen) atoms. The SMILES string of the molecule is O=C(O)c1ccc(Oc2ccc(S(=O)(=O)Cl)cc2)c(C(F)(F)F)c1. The third kappa shape index (κ3) is 4.18. The lowest BCUT2D eigenvalue weighted by Crippen LogP contribution is -2.09. The van der Waals surface area contributed by atoms with Gasteiger partial charge in [-0.05, 0) is 42.5 Å². The van der Waals surface area contributed by atoms with E-state index in [0.717, 1.165) is 36.4 Å². The molecular formula is C14H8ClF3O5S. The van der Waals surface area contributed by atoms with Gasteiger partial charge in [-0.15, -0.1) is 0 Å². The zero-order chi connectivity index (χ0) is 18.1. The minimum absolute atomic E-state index is 0.0763. The number of carbonyl (C=O) groups is 1. The van der Waals surface area contributed by atoms with Crippen LogP contribution in [0.3, 0.4) is 0 Å². The quantitative estimate of drug-likeness (QED) is 0.807. The lowest BCUT2D eigenvalue weighted by molar-refractivity contribution is -0.138. The number of carboxylic acids is 1. The molecule has 0 aromatic heterocycles. The van der Waals surface area contributed by atoms with E-state index in [9.17, 15) is 26.4 Å². The molecule has 0 fully saturated rings. The third-order valence-electron chi connectivity index (χ3n) is 2.86. The fourth-order valence-corrected chi connectivity index (χ4v) is 2.54. The molecule has 0 aliphatic heterocycles. The average Bonchev–Trinajstić information content (AvgIpc) is 2.46. The van der Waals surface area contributed by atoms with Crippen molar-refractivity contribution in [2.75, 3.05) is 0 Å².